The first-order valence-electron chi connectivity index (χ1n) is 8.36. The van der Waals surface area contributed by atoms with Crippen LogP contribution in [0.25, 0.3) is 11.2 Å². The number of hydrogen-bond donors (Lipinski definition) is 0. The number of hydrogen-bond acceptors (Lipinski definition) is 6. The summed E-state index contributed by atoms with van der Waals surface area (Å²) in [5, 5.41) is 0. The molecule has 0 N–H and O–H groups in total. The van der Waals surface area contributed by atoms with Crippen molar-refractivity contribution in [2.45, 2.75) is 18.9 Å². The minimum atomic E-state index is 0.435. The van der Waals surface area contributed by atoms with Crippen LogP contribution in [-0.4, -0.2) is 50.7 Å². The fraction of sp³-hybridized carbons (Fsp3) is 0.412. The Kier molecular flexibility index (Phi) is 4.29. The molecule has 25 heavy (non-hydrogen) atoms. The molecule has 1 saturated heterocycles. The molecule has 130 valence electrons. The van der Waals surface area contributed by atoms with E-state index in [0.29, 0.717) is 6.04 Å². The van der Waals surface area contributed by atoms with Crippen LogP contribution >= 0.6 is 15.9 Å². The second-order valence-corrected chi connectivity index (χ2v) is 7.26. The van der Waals surface area contributed by atoms with E-state index in [2.05, 4.69) is 52.3 Å². The summed E-state index contributed by atoms with van der Waals surface area (Å²) in [6, 6.07) is 4.38. The summed E-state index contributed by atoms with van der Waals surface area (Å²) < 4.78 is 2.98. The largest absolute Gasteiger partial charge is 0.342 e. The van der Waals surface area contributed by atoms with Gasteiger partial charge in [0.1, 0.15) is 5.52 Å². The number of anilines is 2. The number of rotatable bonds is 3. The molecular weight excluding hydrogens is 382 g/mol. The molecule has 3 aromatic heterocycles. The highest BCUT2D eigenvalue weighted by atomic mass is 79.9. The van der Waals surface area contributed by atoms with Gasteiger partial charge in [-0.05, 0) is 40.9 Å². The van der Waals surface area contributed by atoms with Gasteiger partial charge in [-0.15, -0.1) is 0 Å². The molecule has 1 aliphatic heterocycles. The minimum Gasteiger partial charge on any atom is -0.342 e. The van der Waals surface area contributed by atoms with Crippen molar-refractivity contribution in [3.63, 3.8) is 0 Å². The topological polar surface area (TPSA) is 63.0 Å². The van der Waals surface area contributed by atoms with Crippen molar-refractivity contribution in [3.8, 4) is 0 Å². The third-order valence-corrected chi connectivity index (χ3v) is 5.23. The molecule has 0 unspecified atom stereocenters. The monoisotopic (exact) mass is 401 g/mol. The average molecular weight is 402 g/mol. The number of aryl methyl sites for hydroxylation is 1. The van der Waals surface area contributed by atoms with Gasteiger partial charge >= 0.3 is 0 Å². The fourth-order valence-electron chi connectivity index (χ4n) is 3.40. The van der Waals surface area contributed by atoms with Crippen molar-refractivity contribution in [2.24, 2.45) is 7.05 Å². The smallest absolute Gasteiger partial charge is 0.225 e. The zero-order chi connectivity index (χ0) is 17.4. The van der Waals surface area contributed by atoms with Gasteiger partial charge < -0.3 is 9.80 Å². The number of piperidine rings is 1. The van der Waals surface area contributed by atoms with E-state index in [0.717, 1.165) is 53.5 Å². The molecule has 0 saturated carbocycles. The lowest BCUT2D eigenvalue weighted by atomic mass is 10.0. The maximum atomic E-state index is 4.76. The highest BCUT2D eigenvalue weighted by molar-refractivity contribution is 9.10. The normalized spacial score (nSPS) is 15.7. The third-order valence-electron chi connectivity index (χ3n) is 4.82. The van der Waals surface area contributed by atoms with Gasteiger partial charge in [0.15, 0.2) is 5.65 Å². The Morgan fingerprint density at radius 3 is 2.56 bits per heavy atom. The zero-order valence-corrected chi connectivity index (χ0v) is 15.9. The van der Waals surface area contributed by atoms with E-state index < -0.39 is 0 Å². The predicted molar refractivity (Wildman–Crippen MR) is 102 cm³/mol. The van der Waals surface area contributed by atoms with Gasteiger partial charge in [0.2, 0.25) is 11.9 Å². The van der Waals surface area contributed by atoms with Gasteiger partial charge in [0.05, 0.1) is 4.47 Å². The molecule has 0 aromatic carbocycles. The molecule has 0 bridgehead atoms. The Morgan fingerprint density at radius 2 is 1.88 bits per heavy atom. The van der Waals surface area contributed by atoms with E-state index >= 15 is 0 Å². The van der Waals surface area contributed by atoms with Gasteiger partial charge in [0, 0.05) is 51.8 Å². The van der Waals surface area contributed by atoms with Gasteiger partial charge in [-0.2, -0.15) is 0 Å². The summed E-state index contributed by atoms with van der Waals surface area (Å²) >= 11 is 3.38. The van der Waals surface area contributed by atoms with Crippen molar-refractivity contribution in [3.05, 3.63) is 35.2 Å². The van der Waals surface area contributed by atoms with Gasteiger partial charge in [0.25, 0.3) is 0 Å². The van der Waals surface area contributed by atoms with Crippen LogP contribution in [0, 0.1) is 0 Å². The fourth-order valence-corrected chi connectivity index (χ4v) is 3.60. The Labute approximate surface area is 154 Å². The molecule has 1 aliphatic rings. The van der Waals surface area contributed by atoms with Crippen LogP contribution in [0.1, 0.15) is 12.8 Å². The van der Waals surface area contributed by atoms with Crippen LogP contribution < -0.4 is 9.80 Å². The maximum Gasteiger partial charge on any atom is 0.225 e. The summed E-state index contributed by atoms with van der Waals surface area (Å²) in [5.74, 6) is 1.77. The number of nitrogens with zero attached hydrogens (tertiary/aromatic N) is 7. The van der Waals surface area contributed by atoms with Gasteiger partial charge in [-0.1, -0.05) is 0 Å². The van der Waals surface area contributed by atoms with Gasteiger partial charge in [-0.25, -0.2) is 19.9 Å². The second kappa shape index (κ2) is 6.59. The highest BCUT2D eigenvalue weighted by Gasteiger charge is 2.26. The standard InChI is InChI=1S/C17H20BrN7/c1-23(16-20-10-12(18)11-21-16)13-5-8-25(9-6-13)17-22-14-4-3-7-19-15(14)24(17)2/h3-4,7,10-11,13H,5-6,8-9H2,1-2H3. The van der Waals surface area contributed by atoms with Crippen molar-refractivity contribution >= 4 is 39.0 Å². The Balaban J connectivity index is 1.47. The molecule has 0 radical (unpaired) electrons. The molecule has 4 heterocycles. The maximum absolute atomic E-state index is 4.76. The molecule has 3 aromatic rings. The van der Waals surface area contributed by atoms with E-state index in [1.807, 2.05) is 25.4 Å². The zero-order valence-electron chi connectivity index (χ0n) is 14.3. The van der Waals surface area contributed by atoms with Crippen LogP contribution in [0.2, 0.25) is 0 Å². The van der Waals surface area contributed by atoms with Crippen LogP contribution in [0.4, 0.5) is 11.9 Å². The molecule has 0 aliphatic carbocycles. The van der Waals surface area contributed by atoms with E-state index in [-0.39, 0.29) is 0 Å². The van der Waals surface area contributed by atoms with E-state index in [1.165, 1.54) is 0 Å². The van der Waals surface area contributed by atoms with Crippen molar-refractivity contribution in [2.75, 3.05) is 29.9 Å². The first kappa shape index (κ1) is 16.3. The Morgan fingerprint density at radius 1 is 1.16 bits per heavy atom. The first-order valence-corrected chi connectivity index (χ1v) is 9.15. The van der Waals surface area contributed by atoms with Crippen LogP contribution in [0.5, 0.6) is 0 Å². The molecule has 0 amide bonds. The predicted octanol–water partition coefficient (Wildman–Crippen LogP) is 2.63. The van der Waals surface area contributed by atoms with Crippen molar-refractivity contribution in [1.29, 1.82) is 0 Å². The highest BCUT2D eigenvalue weighted by Crippen LogP contribution is 2.25. The summed E-state index contributed by atoms with van der Waals surface area (Å²) in [6.07, 6.45) is 7.49. The molecule has 1 fully saturated rings. The number of halogens is 1. The molecule has 0 atom stereocenters. The number of pyridine rings is 1. The summed E-state index contributed by atoms with van der Waals surface area (Å²) in [6.45, 7) is 1.92. The SMILES string of the molecule is CN(c1ncc(Br)cn1)C1CCN(c2nc3cccnc3n2C)CC1. The Hall–Kier alpha value is -2.22. The van der Waals surface area contributed by atoms with E-state index in [4.69, 9.17) is 4.98 Å². The van der Waals surface area contributed by atoms with Crippen LogP contribution in [0.15, 0.2) is 35.2 Å². The summed E-state index contributed by atoms with van der Waals surface area (Å²) in [7, 11) is 4.11. The number of fused-ring (bicyclic) bond motifs is 1. The summed E-state index contributed by atoms with van der Waals surface area (Å²) in [4.78, 5) is 22.5. The lowest BCUT2D eigenvalue weighted by molar-refractivity contribution is 0.471. The van der Waals surface area contributed by atoms with Crippen molar-refractivity contribution in [1.82, 2.24) is 24.5 Å². The lowest BCUT2D eigenvalue weighted by Gasteiger charge is -2.37. The molecule has 0 spiro atoms. The van der Waals surface area contributed by atoms with E-state index in [9.17, 15) is 0 Å². The van der Waals surface area contributed by atoms with Crippen LogP contribution in [0.3, 0.4) is 0 Å². The quantitative estimate of drug-likeness (QED) is 0.671. The van der Waals surface area contributed by atoms with Crippen LogP contribution in [-0.2, 0) is 7.05 Å². The second-order valence-electron chi connectivity index (χ2n) is 6.35. The lowest BCUT2D eigenvalue weighted by Crippen LogP contribution is -2.44. The number of aromatic nitrogens is 5. The van der Waals surface area contributed by atoms with Gasteiger partial charge in [-0.3, -0.25) is 4.57 Å². The minimum absolute atomic E-state index is 0.435. The molecule has 7 nitrogen and oxygen atoms in total. The van der Waals surface area contributed by atoms with E-state index in [1.54, 1.807) is 12.4 Å². The first-order chi connectivity index (χ1) is 12.1. The number of imidazole rings is 1. The molecule has 4 rings (SSSR count). The summed E-state index contributed by atoms with van der Waals surface area (Å²) in [5.41, 5.74) is 1.88. The molecule has 8 heteroatoms. The van der Waals surface area contributed by atoms with Crippen molar-refractivity contribution < 1.29 is 0 Å². The average Bonchev–Trinajstić information content (AvgIpc) is 2.99. The third kappa shape index (κ3) is 3.06. The molecular formula is C17H20BrN7. The Bertz CT molecular complexity index is 868.